The van der Waals surface area contributed by atoms with Crippen LogP contribution in [0.3, 0.4) is 0 Å². The van der Waals surface area contributed by atoms with Crippen LogP contribution in [0.1, 0.15) is 49.9 Å². The fourth-order valence-corrected chi connectivity index (χ4v) is 10.3. The van der Waals surface area contributed by atoms with Gasteiger partial charge in [-0.2, -0.15) is 0 Å². The van der Waals surface area contributed by atoms with Gasteiger partial charge in [-0.15, -0.1) is 0 Å². The molecule has 230 valence electrons. The average molecular weight is 648 g/mol. The molecule has 0 spiro atoms. The molecule has 0 bridgehead atoms. The summed E-state index contributed by atoms with van der Waals surface area (Å²) >= 11 is 3.72. The highest BCUT2D eigenvalue weighted by molar-refractivity contribution is 8.00. The van der Waals surface area contributed by atoms with Crippen molar-refractivity contribution in [3.05, 3.63) is 150 Å². The van der Waals surface area contributed by atoms with Gasteiger partial charge in [0.1, 0.15) is 0 Å². The summed E-state index contributed by atoms with van der Waals surface area (Å²) in [7, 11) is 0. The fourth-order valence-electron chi connectivity index (χ4n) is 7.35. The van der Waals surface area contributed by atoms with Gasteiger partial charge in [-0.05, 0) is 70.8 Å². The predicted molar refractivity (Wildman–Crippen MR) is 193 cm³/mol. The van der Waals surface area contributed by atoms with Gasteiger partial charge in [0, 0.05) is 30.4 Å². The zero-order valence-electron chi connectivity index (χ0n) is 26.7. The molecule has 5 heteroatoms. The second-order valence-electron chi connectivity index (χ2n) is 13.3. The lowest BCUT2D eigenvalue weighted by Gasteiger charge is -2.40. The van der Waals surface area contributed by atoms with E-state index in [1.165, 1.54) is 41.8 Å². The summed E-state index contributed by atoms with van der Waals surface area (Å²) in [6, 6.07) is 45.3. The van der Waals surface area contributed by atoms with Gasteiger partial charge in [0.15, 0.2) is 23.0 Å². The molecular weight excluding hydrogens is 615 g/mol. The molecule has 0 saturated heterocycles. The Labute approximate surface area is 284 Å². The van der Waals surface area contributed by atoms with Crippen LogP contribution in [0.25, 0.3) is 0 Å². The molecule has 0 fully saturated rings. The smallest absolute Gasteiger partial charge is 0.194 e. The van der Waals surface area contributed by atoms with E-state index in [4.69, 9.17) is 9.47 Å². The molecule has 6 aromatic carbocycles. The summed E-state index contributed by atoms with van der Waals surface area (Å²) in [4.78, 5) is 7.51. The summed E-state index contributed by atoms with van der Waals surface area (Å²) in [6.07, 6.45) is 0. The number of hydrogen-bond acceptors (Lipinski definition) is 5. The van der Waals surface area contributed by atoms with Gasteiger partial charge in [0.2, 0.25) is 0 Å². The number of nitrogens with zero attached hydrogens (tertiary/aromatic N) is 1. The molecule has 0 radical (unpaired) electrons. The number of benzene rings is 6. The highest BCUT2D eigenvalue weighted by atomic mass is 32.2. The molecule has 0 saturated carbocycles. The molecule has 0 atom stereocenters. The summed E-state index contributed by atoms with van der Waals surface area (Å²) in [5, 5.41) is 0. The third kappa shape index (κ3) is 4.29. The zero-order chi connectivity index (χ0) is 31.9. The van der Waals surface area contributed by atoms with E-state index in [0.717, 1.165) is 22.8 Å². The Bertz CT molecular complexity index is 2130. The van der Waals surface area contributed by atoms with Gasteiger partial charge >= 0.3 is 0 Å². The van der Waals surface area contributed by atoms with E-state index in [9.17, 15) is 0 Å². The quantitative estimate of drug-likeness (QED) is 0.190. The first-order valence-corrected chi connectivity index (χ1v) is 17.7. The monoisotopic (exact) mass is 647 g/mol. The lowest BCUT2D eigenvalue weighted by molar-refractivity contribution is 0.360. The molecule has 0 aromatic heterocycles. The van der Waals surface area contributed by atoms with Gasteiger partial charge in [0.05, 0.1) is 17.1 Å². The van der Waals surface area contributed by atoms with E-state index in [2.05, 4.69) is 130 Å². The van der Waals surface area contributed by atoms with Gasteiger partial charge < -0.3 is 14.4 Å². The Balaban J connectivity index is 1.32. The SMILES string of the molecule is CC1(C)c2ccccc2Sc2c(N(c3cccc4c3Oc3ccccc3O4)c3cccc4c3Sc3ccccc3C4(C)C)cccc21. The summed E-state index contributed by atoms with van der Waals surface area (Å²) in [5.41, 5.74) is 8.20. The van der Waals surface area contributed by atoms with Crippen LogP contribution in [-0.4, -0.2) is 0 Å². The second-order valence-corrected chi connectivity index (χ2v) is 15.4. The molecular formula is C42H33NO2S2. The van der Waals surface area contributed by atoms with E-state index >= 15 is 0 Å². The average Bonchev–Trinajstić information content (AvgIpc) is 3.08. The summed E-state index contributed by atoms with van der Waals surface area (Å²) in [6.45, 7) is 9.37. The number of ether oxygens (including phenoxy) is 2. The van der Waals surface area contributed by atoms with Crippen molar-refractivity contribution in [2.45, 2.75) is 58.1 Å². The Morgan fingerprint density at radius 3 is 1.43 bits per heavy atom. The predicted octanol–water partition coefficient (Wildman–Crippen LogP) is 12.6. The Hall–Kier alpha value is -4.58. The molecule has 3 nitrogen and oxygen atoms in total. The minimum Gasteiger partial charge on any atom is -0.449 e. The van der Waals surface area contributed by atoms with Crippen LogP contribution in [0.4, 0.5) is 17.1 Å². The third-order valence-electron chi connectivity index (χ3n) is 9.84. The number of rotatable bonds is 3. The highest BCUT2D eigenvalue weighted by Gasteiger charge is 2.39. The number of anilines is 3. The molecule has 0 amide bonds. The van der Waals surface area contributed by atoms with Crippen molar-refractivity contribution < 1.29 is 9.47 Å². The van der Waals surface area contributed by atoms with E-state index < -0.39 is 0 Å². The van der Waals surface area contributed by atoms with Crippen LogP contribution in [0.5, 0.6) is 23.0 Å². The first-order valence-electron chi connectivity index (χ1n) is 16.0. The van der Waals surface area contributed by atoms with Crippen LogP contribution < -0.4 is 14.4 Å². The van der Waals surface area contributed by atoms with E-state index in [0.29, 0.717) is 17.2 Å². The molecule has 47 heavy (non-hydrogen) atoms. The molecule has 0 N–H and O–H groups in total. The number of fused-ring (bicyclic) bond motifs is 6. The van der Waals surface area contributed by atoms with Crippen LogP contribution in [0, 0.1) is 0 Å². The lowest BCUT2D eigenvalue weighted by Crippen LogP contribution is -2.26. The Morgan fingerprint density at radius 2 is 0.851 bits per heavy atom. The van der Waals surface area contributed by atoms with Gasteiger partial charge in [-0.3, -0.25) is 0 Å². The van der Waals surface area contributed by atoms with Crippen molar-refractivity contribution in [3.63, 3.8) is 0 Å². The van der Waals surface area contributed by atoms with Crippen LogP contribution in [-0.2, 0) is 10.8 Å². The van der Waals surface area contributed by atoms with Gasteiger partial charge in [-0.1, -0.05) is 130 Å². The molecule has 0 unspecified atom stereocenters. The number of hydrogen-bond donors (Lipinski definition) is 0. The Morgan fingerprint density at radius 1 is 0.426 bits per heavy atom. The first-order chi connectivity index (χ1) is 22.8. The van der Waals surface area contributed by atoms with Gasteiger partial charge in [-0.25, -0.2) is 0 Å². The standard InChI is InChI=1S/C42H33NO2S2/c1-41(2)26-14-5-9-24-36(26)46-39-28(41)16-11-19-31(39)43(30-18-13-23-35-38(30)45-34-22-8-7-21-33(34)44-35)32-20-12-17-29-40(32)47-37-25-10-6-15-27(37)42(29,3)4/h5-25H,1-4H3. The summed E-state index contributed by atoms with van der Waals surface area (Å²) < 4.78 is 13.2. The molecule has 3 heterocycles. The van der Waals surface area contributed by atoms with Crippen molar-refractivity contribution in [1.29, 1.82) is 0 Å². The van der Waals surface area contributed by atoms with Crippen molar-refractivity contribution >= 4 is 40.6 Å². The molecule has 9 rings (SSSR count). The summed E-state index contributed by atoms with van der Waals surface area (Å²) in [5.74, 6) is 2.85. The topological polar surface area (TPSA) is 21.7 Å². The normalized spacial score (nSPS) is 15.7. The maximum atomic E-state index is 6.73. The largest absolute Gasteiger partial charge is 0.449 e. The van der Waals surface area contributed by atoms with Crippen LogP contribution in [0.2, 0.25) is 0 Å². The second kappa shape index (κ2) is 10.5. The van der Waals surface area contributed by atoms with E-state index in [1.807, 2.05) is 53.9 Å². The van der Waals surface area contributed by atoms with E-state index in [1.54, 1.807) is 0 Å². The van der Waals surface area contributed by atoms with Crippen molar-refractivity contribution in [2.24, 2.45) is 0 Å². The molecule has 3 aliphatic rings. The van der Waals surface area contributed by atoms with E-state index in [-0.39, 0.29) is 10.8 Å². The lowest BCUT2D eigenvalue weighted by atomic mass is 9.77. The van der Waals surface area contributed by atoms with Gasteiger partial charge in [0.25, 0.3) is 0 Å². The maximum Gasteiger partial charge on any atom is 0.194 e. The zero-order valence-corrected chi connectivity index (χ0v) is 28.3. The van der Waals surface area contributed by atoms with Crippen molar-refractivity contribution in [3.8, 4) is 23.0 Å². The van der Waals surface area contributed by atoms with Crippen LogP contribution in [0.15, 0.2) is 147 Å². The third-order valence-corrected chi connectivity index (χ3v) is 12.3. The van der Waals surface area contributed by atoms with Crippen molar-refractivity contribution in [2.75, 3.05) is 4.90 Å². The fraction of sp³-hybridized carbons (Fsp3) is 0.143. The van der Waals surface area contributed by atoms with Crippen molar-refractivity contribution in [1.82, 2.24) is 0 Å². The first kappa shape index (κ1) is 28.6. The molecule has 6 aromatic rings. The maximum absolute atomic E-state index is 6.73. The molecule has 0 aliphatic carbocycles. The van der Waals surface area contributed by atoms with Crippen LogP contribution >= 0.6 is 23.5 Å². The minimum atomic E-state index is -0.167. The highest BCUT2D eigenvalue weighted by Crippen LogP contribution is 2.60. The Kier molecular flexibility index (Phi) is 6.37. The molecule has 3 aliphatic heterocycles. The number of para-hydroxylation sites is 3. The minimum absolute atomic E-state index is 0.167.